The second-order valence-corrected chi connectivity index (χ2v) is 9.64. The lowest BCUT2D eigenvalue weighted by atomic mass is 10.1. The van der Waals surface area contributed by atoms with Crippen LogP contribution in [0.15, 0.2) is 45.9 Å². The van der Waals surface area contributed by atoms with E-state index in [2.05, 4.69) is 4.90 Å². The molecular weight excluding hydrogens is 436 g/mol. The number of sulfonamides is 1. The number of nitrogens with two attached hydrogens (primary N) is 1. The Labute approximate surface area is 186 Å². The van der Waals surface area contributed by atoms with Gasteiger partial charge in [-0.05, 0) is 29.8 Å². The Morgan fingerprint density at radius 3 is 2.34 bits per heavy atom. The number of ether oxygens (including phenoxy) is 1. The summed E-state index contributed by atoms with van der Waals surface area (Å²) in [4.78, 5) is 28.1. The van der Waals surface area contributed by atoms with Crippen molar-refractivity contribution in [2.45, 2.75) is 11.6 Å². The number of piperazine rings is 1. The molecule has 1 aromatic heterocycles. The fourth-order valence-corrected chi connectivity index (χ4v) is 5.19. The van der Waals surface area contributed by atoms with Gasteiger partial charge in [-0.25, -0.2) is 8.42 Å². The highest BCUT2D eigenvalue weighted by Crippen LogP contribution is 2.21. The van der Waals surface area contributed by atoms with Crippen LogP contribution in [-0.4, -0.2) is 86.8 Å². The zero-order valence-corrected chi connectivity index (χ0v) is 18.4. The molecule has 0 unspecified atom stereocenters. The molecule has 0 saturated carbocycles. The molecule has 0 atom stereocenters. The van der Waals surface area contributed by atoms with Crippen LogP contribution in [0.4, 0.5) is 0 Å². The SMILES string of the molecule is NC(=O)c1ccc(S(=O)(=O)N2CCN(C(=O)c3cccc(CN4CCOCC4)c3)CC2)o1. The molecule has 2 N–H and O–H groups in total. The predicted octanol–water partition coefficient (Wildman–Crippen LogP) is 0.357. The number of carbonyl (C=O) groups is 2. The molecule has 2 amide bonds. The first-order chi connectivity index (χ1) is 15.3. The summed E-state index contributed by atoms with van der Waals surface area (Å²) in [6.45, 7) is 4.71. The maximum absolute atomic E-state index is 13.0. The molecule has 1 aromatic carbocycles. The zero-order valence-electron chi connectivity index (χ0n) is 17.6. The van der Waals surface area contributed by atoms with Crippen LogP contribution < -0.4 is 5.73 Å². The molecule has 2 aliphatic heterocycles. The van der Waals surface area contributed by atoms with Gasteiger partial charge in [0.1, 0.15) is 0 Å². The van der Waals surface area contributed by atoms with Gasteiger partial charge in [0.05, 0.1) is 13.2 Å². The number of amides is 2. The van der Waals surface area contributed by atoms with E-state index < -0.39 is 15.9 Å². The summed E-state index contributed by atoms with van der Waals surface area (Å²) in [6.07, 6.45) is 0. The minimum atomic E-state index is -3.91. The van der Waals surface area contributed by atoms with Gasteiger partial charge in [0.25, 0.3) is 21.8 Å². The molecule has 2 aliphatic rings. The van der Waals surface area contributed by atoms with Crippen LogP contribution in [0.2, 0.25) is 0 Å². The normalized spacial score (nSPS) is 18.6. The summed E-state index contributed by atoms with van der Waals surface area (Å²) in [7, 11) is -3.91. The van der Waals surface area contributed by atoms with E-state index in [-0.39, 0.29) is 42.9 Å². The number of primary amides is 1. The summed E-state index contributed by atoms with van der Waals surface area (Å²) in [6, 6.07) is 10.0. The summed E-state index contributed by atoms with van der Waals surface area (Å²) in [5.41, 5.74) is 6.77. The van der Waals surface area contributed by atoms with Gasteiger partial charge < -0.3 is 19.8 Å². The lowest BCUT2D eigenvalue weighted by Crippen LogP contribution is -2.50. The molecule has 4 rings (SSSR count). The fourth-order valence-electron chi connectivity index (χ4n) is 3.85. The molecule has 2 aromatic rings. The number of furan rings is 1. The van der Waals surface area contributed by atoms with Gasteiger partial charge >= 0.3 is 0 Å². The molecule has 172 valence electrons. The zero-order chi connectivity index (χ0) is 22.7. The van der Waals surface area contributed by atoms with Crippen molar-refractivity contribution in [1.29, 1.82) is 0 Å². The smallest absolute Gasteiger partial charge is 0.284 e. The molecule has 0 radical (unpaired) electrons. The quantitative estimate of drug-likeness (QED) is 0.657. The van der Waals surface area contributed by atoms with Crippen molar-refractivity contribution in [2.24, 2.45) is 5.73 Å². The highest BCUT2D eigenvalue weighted by atomic mass is 32.2. The van der Waals surface area contributed by atoms with Gasteiger partial charge in [0.2, 0.25) is 5.09 Å². The van der Waals surface area contributed by atoms with Crippen LogP contribution in [0.3, 0.4) is 0 Å². The first-order valence-corrected chi connectivity index (χ1v) is 11.9. The summed E-state index contributed by atoms with van der Waals surface area (Å²) < 4.78 is 37.2. The summed E-state index contributed by atoms with van der Waals surface area (Å²) in [5, 5.41) is -0.332. The Balaban J connectivity index is 1.38. The van der Waals surface area contributed by atoms with Gasteiger partial charge in [-0.2, -0.15) is 4.31 Å². The molecule has 32 heavy (non-hydrogen) atoms. The predicted molar refractivity (Wildman–Crippen MR) is 114 cm³/mol. The van der Waals surface area contributed by atoms with Crippen molar-refractivity contribution in [2.75, 3.05) is 52.5 Å². The molecule has 3 heterocycles. The van der Waals surface area contributed by atoms with Crippen molar-refractivity contribution in [1.82, 2.24) is 14.1 Å². The number of nitrogens with zero attached hydrogens (tertiary/aromatic N) is 3. The van der Waals surface area contributed by atoms with Gasteiger partial charge in [-0.3, -0.25) is 14.5 Å². The molecule has 0 spiro atoms. The minimum Gasteiger partial charge on any atom is -0.438 e. The molecule has 0 aliphatic carbocycles. The van der Waals surface area contributed by atoms with Crippen molar-refractivity contribution < 1.29 is 27.2 Å². The average molecular weight is 463 g/mol. The van der Waals surface area contributed by atoms with Gasteiger partial charge in [-0.15, -0.1) is 0 Å². The standard InChI is InChI=1S/C21H26N4O6S/c22-20(26)18-4-5-19(31-18)32(28,29)25-8-6-24(7-9-25)21(27)17-3-1-2-16(14-17)15-23-10-12-30-13-11-23/h1-5,14H,6-13,15H2,(H2,22,26). The largest absolute Gasteiger partial charge is 0.438 e. The summed E-state index contributed by atoms with van der Waals surface area (Å²) in [5.74, 6) is -1.17. The van der Waals surface area contributed by atoms with Gasteiger partial charge in [-0.1, -0.05) is 12.1 Å². The second kappa shape index (κ2) is 9.41. The van der Waals surface area contributed by atoms with Gasteiger partial charge in [0, 0.05) is 51.4 Å². The highest BCUT2D eigenvalue weighted by Gasteiger charge is 2.33. The lowest BCUT2D eigenvalue weighted by Gasteiger charge is -2.33. The van der Waals surface area contributed by atoms with E-state index in [0.29, 0.717) is 18.8 Å². The van der Waals surface area contributed by atoms with E-state index in [1.807, 2.05) is 18.2 Å². The third kappa shape index (κ3) is 4.85. The van der Waals surface area contributed by atoms with Crippen LogP contribution in [0.1, 0.15) is 26.5 Å². The van der Waals surface area contributed by atoms with Crippen molar-refractivity contribution in [3.63, 3.8) is 0 Å². The number of hydrogen-bond acceptors (Lipinski definition) is 7. The third-order valence-corrected chi connectivity index (χ3v) is 7.40. The highest BCUT2D eigenvalue weighted by molar-refractivity contribution is 7.89. The van der Waals surface area contributed by atoms with E-state index in [9.17, 15) is 18.0 Å². The average Bonchev–Trinajstić information content (AvgIpc) is 3.31. The number of rotatable bonds is 6. The van der Waals surface area contributed by atoms with E-state index in [1.54, 1.807) is 11.0 Å². The fraction of sp³-hybridized carbons (Fsp3) is 0.429. The Bertz CT molecular complexity index is 1090. The van der Waals surface area contributed by atoms with E-state index in [4.69, 9.17) is 14.9 Å². The molecule has 10 nitrogen and oxygen atoms in total. The Kier molecular flexibility index (Phi) is 6.60. The first-order valence-electron chi connectivity index (χ1n) is 10.4. The maximum atomic E-state index is 13.0. The summed E-state index contributed by atoms with van der Waals surface area (Å²) >= 11 is 0. The Hall–Kier alpha value is -2.73. The lowest BCUT2D eigenvalue weighted by molar-refractivity contribution is 0.0341. The van der Waals surface area contributed by atoms with Crippen LogP contribution in [0.5, 0.6) is 0 Å². The number of hydrogen-bond donors (Lipinski definition) is 1. The monoisotopic (exact) mass is 462 g/mol. The first kappa shape index (κ1) is 22.5. The van der Waals surface area contributed by atoms with Crippen LogP contribution in [-0.2, 0) is 21.3 Å². The van der Waals surface area contributed by atoms with Crippen LogP contribution in [0, 0.1) is 0 Å². The van der Waals surface area contributed by atoms with Crippen LogP contribution >= 0.6 is 0 Å². The molecule has 2 fully saturated rings. The minimum absolute atomic E-state index is 0.125. The second-order valence-electron chi connectivity index (χ2n) is 7.77. The number of benzene rings is 1. The number of carbonyl (C=O) groups excluding carboxylic acids is 2. The van der Waals surface area contributed by atoms with Crippen molar-refractivity contribution >= 4 is 21.8 Å². The molecular formula is C21H26N4O6S. The number of morpholine rings is 1. The third-order valence-electron chi connectivity index (χ3n) is 5.63. The van der Waals surface area contributed by atoms with Crippen molar-refractivity contribution in [3.8, 4) is 0 Å². The van der Waals surface area contributed by atoms with Crippen LogP contribution in [0.25, 0.3) is 0 Å². The van der Waals surface area contributed by atoms with Gasteiger partial charge in [0.15, 0.2) is 5.76 Å². The topological polar surface area (TPSA) is 126 Å². The van der Waals surface area contributed by atoms with E-state index >= 15 is 0 Å². The van der Waals surface area contributed by atoms with E-state index in [1.165, 1.54) is 16.4 Å². The van der Waals surface area contributed by atoms with Crippen molar-refractivity contribution in [3.05, 3.63) is 53.3 Å². The van der Waals surface area contributed by atoms with E-state index in [0.717, 1.165) is 25.2 Å². The Morgan fingerprint density at radius 1 is 0.969 bits per heavy atom. The Morgan fingerprint density at radius 2 is 1.69 bits per heavy atom. The molecule has 11 heteroatoms. The molecule has 2 saturated heterocycles. The molecule has 0 bridgehead atoms. The maximum Gasteiger partial charge on any atom is 0.284 e.